The SMILES string of the molecule is CCOc1ncccc1-c1cnc(N2CCN(C(=O)c3ccc(Cl)cc3C(F)(F)F)C[C@H]2CC)c(NC(=O)CCN(C)C(=O)OC(C)(C)C)n1. The summed E-state index contributed by atoms with van der Waals surface area (Å²) in [6.45, 7) is 9.69. The largest absolute Gasteiger partial charge is 0.477 e. The molecular formula is C34H41ClF3N7O5. The highest BCUT2D eigenvalue weighted by atomic mass is 35.5. The number of hydrogen-bond donors (Lipinski definition) is 1. The number of aromatic nitrogens is 3. The minimum absolute atomic E-state index is 0.0588. The zero-order chi connectivity index (χ0) is 36.8. The van der Waals surface area contributed by atoms with E-state index in [2.05, 4.69) is 10.3 Å². The number of ether oxygens (including phenoxy) is 2. The molecule has 0 radical (unpaired) electrons. The highest BCUT2D eigenvalue weighted by Crippen LogP contribution is 2.36. The summed E-state index contributed by atoms with van der Waals surface area (Å²) in [5, 5.41) is 2.71. The summed E-state index contributed by atoms with van der Waals surface area (Å²) < 4.78 is 52.5. The van der Waals surface area contributed by atoms with E-state index in [4.69, 9.17) is 31.0 Å². The molecule has 12 nitrogen and oxygen atoms in total. The first kappa shape index (κ1) is 38.1. The Morgan fingerprint density at radius 1 is 1.10 bits per heavy atom. The molecule has 16 heteroatoms. The smallest absolute Gasteiger partial charge is 0.417 e. The zero-order valence-electron chi connectivity index (χ0n) is 28.8. The Morgan fingerprint density at radius 2 is 1.84 bits per heavy atom. The molecule has 0 aliphatic carbocycles. The van der Waals surface area contributed by atoms with Crippen LogP contribution in [0.25, 0.3) is 11.3 Å². The molecule has 1 aliphatic heterocycles. The van der Waals surface area contributed by atoms with Gasteiger partial charge in [-0.25, -0.2) is 19.7 Å². The number of halogens is 4. The second-order valence-electron chi connectivity index (χ2n) is 12.6. The maximum absolute atomic E-state index is 13.8. The molecule has 1 N–H and O–H groups in total. The summed E-state index contributed by atoms with van der Waals surface area (Å²) in [5.74, 6) is -0.461. The van der Waals surface area contributed by atoms with E-state index in [9.17, 15) is 27.6 Å². The van der Waals surface area contributed by atoms with Crippen LogP contribution in [-0.2, 0) is 15.7 Å². The van der Waals surface area contributed by atoms with Crippen molar-refractivity contribution < 1.29 is 37.0 Å². The second-order valence-corrected chi connectivity index (χ2v) is 13.0. The first-order valence-corrected chi connectivity index (χ1v) is 16.5. The van der Waals surface area contributed by atoms with Gasteiger partial charge in [0, 0.05) is 56.9 Å². The summed E-state index contributed by atoms with van der Waals surface area (Å²) in [6, 6.07) is 6.18. The molecule has 3 amide bonds. The minimum atomic E-state index is -4.77. The van der Waals surface area contributed by atoms with Crippen molar-refractivity contribution in [2.75, 3.05) is 50.1 Å². The number of piperazine rings is 1. The molecule has 0 spiro atoms. The Bertz CT molecular complexity index is 1700. The topological polar surface area (TPSA) is 130 Å². The number of carbonyl (C=O) groups excluding carboxylic acids is 3. The predicted molar refractivity (Wildman–Crippen MR) is 182 cm³/mol. The lowest BCUT2D eigenvalue weighted by Crippen LogP contribution is -2.55. The summed E-state index contributed by atoms with van der Waals surface area (Å²) in [7, 11) is 1.53. The van der Waals surface area contributed by atoms with Crippen molar-refractivity contribution in [3.63, 3.8) is 0 Å². The number of anilines is 2. The van der Waals surface area contributed by atoms with Gasteiger partial charge < -0.3 is 29.5 Å². The molecule has 0 bridgehead atoms. The van der Waals surface area contributed by atoms with Crippen molar-refractivity contribution in [2.45, 2.75) is 65.3 Å². The number of alkyl halides is 3. The molecule has 0 saturated carbocycles. The van der Waals surface area contributed by atoms with Gasteiger partial charge in [-0.05, 0) is 64.4 Å². The van der Waals surface area contributed by atoms with Crippen LogP contribution in [0, 0.1) is 0 Å². The average molecular weight is 720 g/mol. The summed E-state index contributed by atoms with van der Waals surface area (Å²) in [4.78, 5) is 57.5. The van der Waals surface area contributed by atoms with E-state index in [1.165, 1.54) is 29.1 Å². The van der Waals surface area contributed by atoms with Crippen LogP contribution < -0.4 is 15.0 Å². The number of hydrogen-bond acceptors (Lipinski definition) is 9. The van der Waals surface area contributed by atoms with Crippen LogP contribution in [0.1, 0.15) is 63.4 Å². The van der Waals surface area contributed by atoms with Crippen molar-refractivity contribution in [1.82, 2.24) is 24.8 Å². The van der Waals surface area contributed by atoms with Gasteiger partial charge in [-0.3, -0.25) is 9.59 Å². The molecule has 50 heavy (non-hydrogen) atoms. The van der Waals surface area contributed by atoms with Crippen molar-refractivity contribution in [1.29, 1.82) is 0 Å². The highest BCUT2D eigenvalue weighted by molar-refractivity contribution is 6.30. The molecule has 1 aliphatic rings. The van der Waals surface area contributed by atoms with E-state index < -0.39 is 40.8 Å². The van der Waals surface area contributed by atoms with Gasteiger partial charge in [0.05, 0.1) is 35.2 Å². The number of rotatable bonds is 10. The van der Waals surface area contributed by atoms with E-state index in [0.29, 0.717) is 36.0 Å². The number of amides is 3. The normalized spacial score (nSPS) is 15.0. The van der Waals surface area contributed by atoms with Crippen LogP contribution in [-0.4, -0.2) is 94.1 Å². The molecule has 270 valence electrons. The van der Waals surface area contributed by atoms with Gasteiger partial charge in [0.1, 0.15) is 5.60 Å². The van der Waals surface area contributed by atoms with Crippen LogP contribution in [0.4, 0.5) is 29.6 Å². The standard InChI is InChI=1S/C34H41ClF3N7O5/c1-7-22-20-44(31(47)23-12-11-21(35)18-25(23)34(36,37)38)16-17-45(22)29-28(42-27(46)13-15-43(6)32(48)50-33(3,4)5)41-26(19-40-29)24-10-9-14-39-30(24)49-8-2/h9-12,14,18-19,22H,7-8,13,15-17,20H2,1-6H3,(H,41,42,46)/t22-/m1/s1. The lowest BCUT2D eigenvalue weighted by Gasteiger charge is -2.42. The number of nitrogens with zero attached hydrogens (tertiary/aromatic N) is 6. The monoisotopic (exact) mass is 719 g/mol. The Kier molecular flexibility index (Phi) is 12.1. The van der Waals surface area contributed by atoms with Gasteiger partial charge in [0.25, 0.3) is 5.91 Å². The number of nitrogens with one attached hydrogen (secondary N) is 1. The quantitative estimate of drug-likeness (QED) is 0.248. The third-order valence-electron chi connectivity index (χ3n) is 7.75. The van der Waals surface area contributed by atoms with Gasteiger partial charge in [0.2, 0.25) is 11.8 Å². The molecule has 0 unspecified atom stereocenters. The summed E-state index contributed by atoms with van der Waals surface area (Å²) in [6.07, 6.45) is -1.84. The molecule has 3 aromatic rings. The number of benzene rings is 1. The Labute approximate surface area is 293 Å². The van der Waals surface area contributed by atoms with Crippen molar-refractivity contribution in [3.8, 4) is 17.1 Å². The Hall–Kier alpha value is -4.66. The van der Waals surface area contributed by atoms with Crippen LogP contribution in [0.5, 0.6) is 5.88 Å². The molecular weight excluding hydrogens is 679 g/mol. The fraction of sp³-hybridized carbons (Fsp3) is 0.471. The fourth-order valence-electron chi connectivity index (χ4n) is 5.31. The molecule has 1 saturated heterocycles. The third kappa shape index (κ3) is 9.52. The van der Waals surface area contributed by atoms with E-state index in [-0.39, 0.29) is 49.5 Å². The van der Waals surface area contributed by atoms with E-state index in [1.807, 2.05) is 18.7 Å². The maximum Gasteiger partial charge on any atom is 0.417 e. The zero-order valence-corrected chi connectivity index (χ0v) is 29.6. The van der Waals surface area contributed by atoms with E-state index in [0.717, 1.165) is 12.1 Å². The predicted octanol–water partition coefficient (Wildman–Crippen LogP) is 6.55. The van der Waals surface area contributed by atoms with E-state index in [1.54, 1.807) is 39.1 Å². The van der Waals surface area contributed by atoms with Gasteiger partial charge in [-0.1, -0.05) is 18.5 Å². The Morgan fingerprint density at radius 3 is 2.50 bits per heavy atom. The molecule has 4 rings (SSSR count). The van der Waals surface area contributed by atoms with Crippen molar-refractivity contribution in [3.05, 3.63) is 58.9 Å². The van der Waals surface area contributed by atoms with Gasteiger partial charge in [-0.15, -0.1) is 0 Å². The Balaban J connectivity index is 1.62. The molecule has 3 heterocycles. The molecule has 1 aromatic carbocycles. The lowest BCUT2D eigenvalue weighted by molar-refractivity contribution is -0.138. The maximum atomic E-state index is 13.8. The molecule has 1 atom stereocenters. The van der Waals surface area contributed by atoms with Crippen molar-refractivity contribution in [2.24, 2.45) is 0 Å². The van der Waals surface area contributed by atoms with Crippen LogP contribution in [0.15, 0.2) is 42.7 Å². The summed E-state index contributed by atoms with van der Waals surface area (Å²) >= 11 is 5.84. The molecule has 2 aromatic heterocycles. The average Bonchev–Trinajstić information content (AvgIpc) is 3.06. The van der Waals surface area contributed by atoms with Gasteiger partial charge >= 0.3 is 12.3 Å². The van der Waals surface area contributed by atoms with Crippen LogP contribution in [0.2, 0.25) is 5.02 Å². The second kappa shape index (κ2) is 15.9. The first-order valence-electron chi connectivity index (χ1n) is 16.1. The van der Waals surface area contributed by atoms with Crippen LogP contribution in [0.3, 0.4) is 0 Å². The highest BCUT2D eigenvalue weighted by Gasteiger charge is 2.38. The lowest BCUT2D eigenvalue weighted by atomic mass is 10.0. The number of pyridine rings is 1. The van der Waals surface area contributed by atoms with E-state index >= 15 is 0 Å². The van der Waals surface area contributed by atoms with Crippen molar-refractivity contribution >= 4 is 41.1 Å². The van der Waals surface area contributed by atoms with Gasteiger partial charge in [-0.2, -0.15) is 13.2 Å². The molecule has 1 fully saturated rings. The third-order valence-corrected chi connectivity index (χ3v) is 7.98. The minimum Gasteiger partial charge on any atom is -0.477 e. The summed E-state index contributed by atoms with van der Waals surface area (Å²) in [5.41, 5.74) is -1.38. The van der Waals surface area contributed by atoms with Crippen LogP contribution >= 0.6 is 11.6 Å². The fourth-order valence-corrected chi connectivity index (χ4v) is 5.49. The van der Waals surface area contributed by atoms with Gasteiger partial charge in [0.15, 0.2) is 11.6 Å². The first-order chi connectivity index (χ1) is 23.5. The number of carbonyl (C=O) groups is 3.